The number of benzene rings is 1. The minimum Gasteiger partial charge on any atom is -0.857 e. The third-order valence-electron chi connectivity index (χ3n) is 0.669. The Hall–Kier alpha value is -0.124. The molecule has 0 amide bonds. The second-order valence-corrected chi connectivity index (χ2v) is 1.22. The first-order valence-corrected chi connectivity index (χ1v) is 2.42. The molecular weight excluding hydrogens is 143 g/mol. The smallest absolute Gasteiger partial charge is 0.857 e. The van der Waals surface area contributed by atoms with Gasteiger partial charge in [-0.1, -0.05) is 0 Å². The monoisotopic (exact) mass is 150 g/mol. The van der Waals surface area contributed by atoms with Crippen molar-refractivity contribution in [1.82, 2.24) is 0 Å². The van der Waals surface area contributed by atoms with E-state index in [9.17, 15) is 4.39 Å². The molecule has 0 atom stereocenters. The predicted octanol–water partition coefficient (Wildman–Crippen LogP) is 0.222. The van der Waals surface area contributed by atoms with E-state index in [1.165, 1.54) is 12.1 Å². The molecule has 0 bridgehead atoms. The Morgan fingerprint density at radius 3 is 2.30 bits per heavy atom. The summed E-state index contributed by atoms with van der Waals surface area (Å²) in [6.45, 7) is 0. The van der Waals surface area contributed by atoms with E-state index in [1.807, 2.05) is 0 Å². The van der Waals surface area contributed by atoms with Crippen LogP contribution in [-0.4, -0.2) is 30.2 Å². The van der Waals surface area contributed by atoms with Gasteiger partial charge in [0.15, 0.2) is 0 Å². The maximum Gasteiger partial charge on any atom is 2.00 e. The molecule has 1 aromatic rings. The fourth-order valence-corrected chi connectivity index (χ4v) is 0.371. The van der Waals surface area contributed by atoms with Crippen molar-refractivity contribution >= 4 is 23.1 Å². The van der Waals surface area contributed by atoms with E-state index in [2.05, 4.69) is 6.07 Å². The Bertz CT molecular complexity index is 144. The van der Waals surface area contributed by atoms with E-state index in [-0.39, 0.29) is 28.9 Å². The molecule has 0 aliphatic carbocycles. The molecule has 1 nitrogen and oxygen atoms in total. The summed E-state index contributed by atoms with van der Waals surface area (Å²) >= 11 is 0. The summed E-state index contributed by atoms with van der Waals surface area (Å²) in [5.41, 5.74) is 0. The summed E-state index contributed by atoms with van der Waals surface area (Å²) in [6, 6.07) is 8.53. The van der Waals surface area contributed by atoms with E-state index in [1.54, 1.807) is 12.1 Å². The maximum atomic E-state index is 11.9. The largest absolute Gasteiger partial charge is 2.00 e. The standard InChI is InChI=1S/C6H4F.CH3O.Mg/c7-6-4-2-1-3-5-6;1-2;/h1-2,4-5H;1H3;/q2*-1;+2. The summed E-state index contributed by atoms with van der Waals surface area (Å²) in [5.74, 6) is -0.234. The van der Waals surface area contributed by atoms with E-state index in [0.717, 1.165) is 7.11 Å². The van der Waals surface area contributed by atoms with E-state index in [4.69, 9.17) is 5.11 Å². The van der Waals surface area contributed by atoms with Crippen molar-refractivity contribution in [2.24, 2.45) is 0 Å². The van der Waals surface area contributed by atoms with E-state index >= 15 is 0 Å². The van der Waals surface area contributed by atoms with Crippen LogP contribution in [0.3, 0.4) is 0 Å². The summed E-state index contributed by atoms with van der Waals surface area (Å²) in [7, 11) is 0.750. The van der Waals surface area contributed by atoms with Crippen LogP contribution in [0.1, 0.15) is 0 Å². The van der Waals surface area contributed by atoms with Crippen LogP contribution < -0.4 is 5.11 Å². The molecule has 0 aliphatic rings. The molecule has 0 heterocycles. The molecule has 0 aliphatic heterocycles. The molecule has 3 heteroatoms. The summed E-state index contributed by atoms with van der Waals surface area (Å²) < 4.78 is 11.9. The van der Waals surface area contributed by atoms with Crippen LogP contribution in [0, 0.1) is 11.9 Å². The SMILES string of the molecule is C[O-].Fc1c[c-]ccc1.[Mg+2]. The Morgan fingerprint density at radius 1 is 1.50 bits per heavy atom. The van der Waals surface area contributed by atoms with Crippen molar-refractivity contribution in [3.63, 3.8) is 0 Å². The van der Waals surface area contributed by atoms with Gasteiger partial charge in [0.2, 0.25) is 0 Å². The van der Waals surface area contributed by atoms with Crippen molar-refractivity contribution in [3.8, 4) is 0 Å². The van der Waals surface area contributed by atoms with Gasteiger partial charge in [-0.05, 0) is 0 Å². The number of hydrogen-bond donors (Lipinski definition) is 0. The quantitative estimate of drug-likeness (QED) is 0.383. The van der Waals surface area contributed by atoms with Gasteiger partial charge in [-0.2, -0.15) is 25.3 Å². The second kappa shape index (κ2) is 8.88. The Labute approximate surface area is 76.0 Å². The molecule has 0 aromatic heterocycles. The number of rotatable bonds is 0. The van der Waals surface area contributed by atoms with Gasteiger partial charge < -0.3 is 5.11 Å². The predicted molar refractivity (Wildman–Crippen MR) is 36.9 cm³/mol. The van der Waals surface area contributed by atoms with Crippen LogP contribution in [0.5, 0.6) is 0 Å². The van der Waals surface area contributed by atoms with Crippen LogP contribution in [-0.2, 0) is 0 Å². The fourth-order valence-electron chi connectivity index (χ4n) is 0.371. The van der Waals surface area contributed by atoms with Crippen molar-refractivity contribution in [2.75, 3.05) is 7.11 Å². The van der Waals surface area contributed by atoms with Crippen LogP contribution in [0.4, 0.5) is 4.39 Å². The molecule has 0 saturated carbocycles. The van der Waals surface area contributed by atoms with Crippen molar-refractivity contribution in [2.45, 2.75) is 0 Å². The number of halogens is 1. The van der Waals surface area contributed by atoms with Gasteiger partial charge in [0.1, 0.15) is 0 Å². The summed E-state index contributed by atoms with van der Waals surface area (Å²) in [5, 5.41) is 8.25. The molecule has 0 fully saturated rings. The van der Waals surface area contributed by atoms with Crippen molar-refractivity contribution < 1.29 is 9.50 Å². The minimum absolute atomic E-state index is 0. The average molecular weight is 150 g/mol. The van der Waals surface area contributed by atoms with Gasteiger partial charge >= 0.3 is 23.1 Å². The van der Waals surface area contributed by atoms with Crippen LogP contribution in [0.15, 0.2) is 24.3 Å². The molecule has 0 radical (unpaired) electrons. The average Bonchev–Trinajstić information content (AvgIpc) is 1.94. The van der Waals surface area contributed by atoms with Crippen molar-refractivity contribution in [1.29, 1.82) is 0 Å². The molecule has 50 valence electrons. The van der Waals surface area contributed by atoms with E-state index < -0.39 is 0 Å². The van der Waals surface area contributed by atoms with Gasteiger partial charge in [0.25, 0.3) is 0 Å². The molecule has 0 unspecified atom stereocenters. The Balaban J connectivity index is 0. The normalized spacial score (nSPS) is 6.70. The van der Waals surface area contributed by atoms with Gasteiger partial charge in [0.05, 0.1) is 0 Å². The summed E-state index contributed by atoms with van der Waals surface area (Å²) in [4.78, 5) is 0. The van der Waals surface area contributed by atoms with Crippen LogP contribution >= 0.6 is 0 Å². The first kappa shape index (κ1) is 12.5. The zero-order chi connectivity index (χ0) is 7.11. The molecule has 0 saturated heterocycles. The molecule has 10 heavy (non-hydrogen) atoms. The Kier molecular flexibility index (Phi) is 11.1. The fraction of sp³-hybridized carbons (Fsp3) is 0.143. The number of hydrogen-bond acceptors (Lipinski definition) is 1. The zero-order valence-corrected chi connectivity index (χ0v) is 7.22. The maximum absolute atomic E-state index is 11.9. The third-order valence-corrected chi connectivity index (χ3v) is 0.669. The topological polar surface area (TPSA) is 23.1 Å². The zero-order valence-electron chi connectivity index (χ0n) is 5.80. The molecule has 0 N–H and O–H groups in total. The molecule has 0 spiro atoms. The second-order valence-electron chi connectivity index (χ2n) is 1.22. The van der Waals surface area contributed by atoms with Crippen molar-refractivity contribution in [3.05, 3.63) is 36.1 Å². The van der Waals surface area contributed by atoms with Gasteiger partial charge in [0, 0.05) is 5.82 Å². The molecule has 1 rings (SSSR count). The van der Waals surface area contributed by atoms with Gasteiger partial charge in [-0.15, -0.1) is 12.1 Å². The van der Waals surface area contributed by atoms with Crippen LogP contribution in [0.25, 0.3) is 0 Å². The van der Waals surface area contributed by atoms with Gasteiger partial charge in [-0.3, -0.25) is 4.39 Å². The molecule has 1 aromatic carbocycles. The third kappa shape index (κ3) is 6.00. The van der Waals surface area contributed by atoms with Crippen LogP contribution in [0.2, 0.25) is 0 Å². The minimum atomic E-state index is -0.234. The van der Waals surface area contributed by atoms with E-state index in [0.29, 0.717) is 0 Å². The van der Waals surface area contributed by atoms with Gasteiger partial charge in [-0.25, -0.2) is 0 Å². The first-order chi connectivity index (χ1) is 4.39. The molecular formula is C7H7FMgO. The first-order valence-electron chi connectivity index (χ1n) is 2.42. The summed E-state index contributed by atoms with van der Waals surface area (Å²) in [6.07, 6.45) is 0. The Morgan fingerprint density at radius 2 is 2.10 bits per heavy atom.